The van der Waals surface area contributed by atoms with Crippen LogP contribution in [0.1, 0.15) is 12.8 Å². The topological polar surface area (TPSA) is 93.1 Å². The minimum atomic E-state index is -3.54. The minimum Gasteiger partial charge on any atom is -0.352 e. The predicted octanol–water partition coefficient (Wildman–Crippen LogP) is 0.0997. The number of amides is 1. The maximum absolute atomic E-state index is 11.5. The second-order valence-corrected chi connectivity index (χ2v) is 6.40. The Morgan fingerprint density at radius 3 is 2.89 bits per heavy atom. The van der Waals surface area contributed by atoms with Gasteiger partial charge in [0, 0.05) is 12.2 Å². The van der Waals surface area contributed by atoms with Crippen LogP contribution in [0.5, 0.6) is 0 Å². The molecule has 1 aromatic heterocycles. The molecule has 1 amide bonds. The van der Waals surface area contributed by atoms with Gasteiger partial charge in [-0.2, -0.15) is 5.10 Å². The molecular weight excluding hydrogens is 280 g/mol. The van der Waals surface area contributed by atoms with Gasteiger partial charge < -0.3 is 5.32 Å². The smallest absolute Gasteiger partial charge is 0.246 e. The van der Waals surface area contributed by atoms with E-state index < -0.39 is 15.2 Å². The zero-order chi connectivity index (χ0) is 13.2. The molecule has 0 unspecified atom stereocenters. The van der Waals surface area contributed by atoms with Crippen molar-refractivity contribution in [2.75, 3.05) is 9.93 Å². The van der Waals surface area contributed by atoms with E-state index in [1.165, 1.54) is 17.1 Å². The van der Waals surface area contributed by atoms with Crippen LogP contribution in [0, 0.1) is 0 Å². The summed E-state index contributed by atoms with van der Waals surface area (Å²) in [5.41, 5.74) is 0.287. The first-order valence-electron chi connectivity index (χ1n) is 5.37. The van der Waals surface area contributed by atoms with Gasteiger partial charge >= 0.3 is 0 Å². The van der Waals surface area contributed by atoms with E-state index in [0.29, 0.717) is 6.04 Å². The summed E-state index contributed by atoms with van der Waals surface area (Å²) in [5.74, 6) is -0.132. The molecular formula is C9H13ClN4O3S. The van der Waals surface area contributed by atoms with Crippen LogP contribution in [0.25, 0.3) is 0 Å². The molecule has 0 aromatic carbocycles. The highest BCUT2D eigenvalue weighted by Crippen LogP contribution is 2.18. The van der Waals surface area contributed by atoms with Crippen molar-refractivity contribution in [3.05, 3.63) is 12.4 Å². The number of alkyl halides is 1. The zero-order valence-electron chi connectivity index (χ0n) is 9.47. The van der Waals surface area contributed by atoms with Crippen LogP contribution in [0.3, 0.4) is 0 Å². The van der Waals surface area contributed by atoms with Gasteiger partial charge in [0.15, 0.2) is 0 Å². The number of carbonyl (C=O) groups excluding carboxylic acids is 1. The second kappa shape index (κ2) is 5.15. The molecule has 9 heteroatoms. The van der Waals surface area contributed by atoms with Crippen LogP contribution in [-0.2, 0) is 21.4 Å². The molecule has 0 atom stereocenters. The number of sulfonamides is 1. The number of nitrogens with one attached hydrogen (secondary N) is 2. The van der Waals surface area contributed by atoms with Gasteiger partial charge in [0.25, 0.3) is 0 Å². The summed E-state index contributed by atoms with van der Waals surface area (Å²) in [4.78, 5) is 11.5. The first kappa shape index (κ1) is 13.2. The summed E-state index contributed by atoms with van der Waals surface area (Å²) >= 11 is 5.26. The van der Waals surface area contributed by atoms with Gasteiger partial charge in [-0.1, -0.05) is 0 Å². The summed E-state index contributed by atoms with van der Waals surface area (Å²) in [6, 6.07) is 0.294. The van der Waals surface area contributed by atoms with E-state index >= 15 is 0 Å². The zero-order valence-corrected chi connectivity index (χ0v) is 11.0. The van der Waals surface area contributed by atoms with Crippen molar-refractivity contribution in [1.82, 2.24) is 15.1 Å². The Hall–Kier alpha value is -1.28. The normalized spacial score (nSPS) is 15.4. The Morgan fingerprint density at radius 1 is 1.56 bits per heavy atom. The molecule has 1 fully saturated rings. The molecule has 0 aliphatic heterocycles. The summed E-state index contributed by atoms with van der Waals surface area (Å²) < 4.78 is 26.0. The standard InChI is InChI=1S/C9H13ClN4O3S/c10-6-18(16,17)13-8-3-11-14(4-8)5-9(15)12-7-1-2-7/h3-4,7,13H,1-2,5-6H2,(H,12,15). The Bertz CT molecular complexity index is 538. The summed E-state index contributed by atoms with van der Waals surface area (Å²) in [7, 11) is -3.54. The third kappa shape index (κ3) is 3.88. The Labute approximate surface area is 110 Å². The highest BCUT2D eigenvalue weighted by Gasteiger charge is 2.23. The molecule has 1 heterocycles. The average Bonchev–Trinajstić information content (AvgIpc) is 2.99. The summed E-state index contributed by atoms with van der Waals surface area (Å²) in [5, 5.41) is 6.17. The van der Waals surface area contributed by atoms with Gasteiger partial charge in [-0.05, 0) is 12.8 Å². The van der Waals surface area contributed by atoms with Crippen molar-refractivity contribution in [1.29, 1.82) is 0 Å². The van der Waals surface area contributed by atoms with E-state index in [2.05, 4.69) is 15.1 Å². The van der Waals surface area contributed by atoms with Crippen LogP contribution in [0.4, 0.5) is 5.69 Å². The maximum Gasteiger partial charge on any atom is 0.246 e. The lowest BCUT2D eigenvalue weighted by molar-refractivity contribution is -0.122. The molecule has 1 aliphatic rings. The molecule has 0 saturated heterocycles. The molecule has 0 spiro atoms. The fraction of sp³-hybridized carbons (Fsp3) is 0.556. The van der Waals surface area contributed by atoms with Crippen LogP contribution < -0.4 is 10.0 Å². The van der Waals surface area contributed by atoms with Crippen molar-refractivity contribution < 1.29 is 13.2 Å². The second-order valence-electron chi connectivity index (χ2n) is 4.09. The number of carbonyl (C=O) groups is 1. The molecule has 0 bridgehead atoms. The van der Waals surface area contributed by atoms with Gasteiger partial charge in [0.2, 0.25) is 15.9 Å². The summed E-state index contributed by atoms with van der Waals surface area (Å²) in [6.45, 7) is 0.0686. The van der Waals surface area contributed by atoms with Crippen molar-refractivity contribution in [3.8, 4) is 0 Å². The summed E-state index contributed by atoms with van der Waals surface area (Å²) in [6.07, 6.45) is 4.81. The average molecular weight is 293 g/mol. The third-order valence-electron chi connectivity index (χ3n) is 2.30. The quantitative estimate of drug-likeness (QED) is 0.727. The first-order valence-corrected chi connectivity index (χ1v) is 7.55. The maximum atomic E-state index is 11.5. The predicted molar refractivity (Wildman–Crippen MR) is 66.7 cm³/mol. The van der Waals surface area contributed by atoms with Crippen LogP contribution in [0.2, 0.25) is 0 Å². The molecule has 2 rings (SSSR count). The van der Waals surface area contributed by atoms with Crippen LogP contribution in [0.15, 0.2) is 12.4 Å². The molecule has 2 N–H and O–H groups in total. The van der Waals surface area contributed by atoms with E-state index in [1.54, 1.807) is 0 Å². The molecule has 1 aromatic rings. The lowest BCUT2D eigenvalue weighted by atomic mass is 10.5. The number of hydrogen-bond acceptors (Lipinski definition) is 4. The van der Waals surface area contributed by atoms with Gasteiger partial charge in [0.1, 0.15) is 11.8 Å². The molecule has 18 heavy (non-hydrogen) atoms. The fourth-order valence-corrected chi connectivity index (χ4v) is 2.04. The Kier molecular flexibility index (Phi) is 3.76. The first-order chi connectivity index (χ1) is 8.48. The molecule has 100 valence electrons. The van der Waals surface area contributed by atoms with Crippen molar-refractivity contribution in [3.63, 3.8) is 0 Å². The number of aromatic nitrogens is 2. The number of nitrogens with zero attached hydrogens (tertiary/aromatic N) is 2. The van der Waals surface area contributed by atoms with E-state index in [9.17, 15) is 13.2 Å². The number of anilines is 1. The van der Waals surface area contributed by atoms with Gasteiger partial charge in [-0.15, -0.1) is 11.6 Å². The van der Waals surface area contributed by atoms with E-state index in [0.717, 1.165) is 12.8 Å². The Morgan fingerprint density at radius 2 is 2.28 bits per heavy atom. The van der Waals surface area contributed by atoms with Crippen molar-refractivity contribution in [2.45, 2.75) is 25.4 Å². The third-order valence-corrected chi connectivity index (χ3v) is 3.99. The van der Waals surface area contributed by atoms with E-state index in [1.807, 2.05) is 0 Å². The highest BCUT2D eigenvalue weighted by molar-refractivity contribution is 7.93. The molecule has 7 nitrogen and oxygen atoms in total. The van der Waals surface area contributed by atoms with E-state index in [-0.39, 0.29) is 18.1 Å². The minimum absolute atomic E-state index is 0.0686. The lowest BCUT2D eigenvalue weighted by Gasteiger charge is -2.03. The monoisotopic (exact) mass is 292 g/mol. The molecule has 0 radical (unpaired) electrons. The van der Waals surface area contributed by atoms with Gasteiger partial charge in [0.05, 0.1) is 11.9 Å². The molecule has 1 aliphatic carbocycles. The Balaban J connectivity index is 1.91. The SMILES string of the molecule is O=C(Cn1cc(NS(=O)(=O)CCl)cn1)NC1CC1. The van der Waals surface area contributed by atoms with Gasteiger partial charge in [-0.25, -0.2) is 8.42 Å². The highest BCUT2D eigenvalue weighted by atomic mass is 35.5. The van der Waals surface area contributed by atoms with Gasteiger partial charge in [-0.3, -0.25) is 14.2 Å². The van der Waals surface area contributed by atoms with Crippen molar-refractivity contribution in [2.24, 2.45) is 0 Å². The number of hydrogen-bond donors (Lipinski definition) is 2. The largest absolute Gasteiger partial charge is 0.352 e. The lowest BCUT2D eigenvalue weighted by Crippen LogP contribution is -2.29. The van der Waals surface area contributed by atoms with Crippen LogP contribution in [-0.4, -0.2) is 35.4 Å². The number of rotatable bonds is 6. The molecule has 1 saturated carbocycles. The number of halogens is 1. The fourth-order valence-electron chi connectivity index (χ4n) is 1.36. The van der Waals surface area contributed by atoms with Crippen LogP contribution >= 0.6 is 11.6 Å². The van der Waals surface area contributed by atoms with E-state index in [4.69, 9.17) is 11.6 Å². The van der Waals surface area contributed by atoms with Crippen molar-refractivity contribution >= 4 is 33.2 Å².